The minimum atomic E-state index is -4.72. The summed E-state index contributed by atoms with van der Waals surface area (Å²) in [6, 6.07) is 0. The highest BCUT2D eigenvalue weighted by Crippen LogP contribution is 2.76. The molecule has 19 unspecified atom stereocenters. The van der Waals surface area contributed by atoms with E-state index in [0.29, 0.717) is 44.9 Å². The van der Waals surface area contributed by atoms with Crippen LogP contribution in [0.15, 0.2) is 11.6 Å². The van der Waals surface area contributed by atoms with Crippen molar-refractivity contribution in [1.29, 1.82) is 0 Å². The lowest BCUT2D eigenvalue weighted by Crippen LogP contribution is -2.66. The molecule has 344 valence electrons. The number of aliphatic hydroxyl groups is 8. The van der Waals surface area contributed by atoms with Crippen LogP contribution in [0.5, 0.6) is 0 Å². The molecule has 2 heterocycles. The summed E-state index contributed by atoms with van der Waals surface area (Å²) >= 11 is 0. The van der Waals surface area contributed by atoms with Crippen LogP contribution in [0.25, 0.3) is 0 Å². The van der Waals surface area contributed by atoms with E-state index in [0.717, 1.165) is 19.3 Å². The fourth-order valence-corrected chi connectivity index (χ4v) is 14.0. The molecule has 2 aliphatic heterocycles. The molecule has 2 saturated heterocycles. The van der Waals surface area contributed by atoms with E-state index in [-0.39, 0.29) is 46.0 Å². The number of hydrogen-bond donors (Lipinski definition) is 9. The molecular formula is C42H68O17S. The molecule has 17 nitrogen and oxygen atoms in total. The number of carbonyl (C=O) groups is 1. The van der Waals surface area contributed by atoms with Gasteiger partial charge in [-0.1, -0.05) is 53.2 Å². The van der Waals surface area contributed by atoms with Crippen LogP contribution in [-0.2, 0) is 38.3 Å². The van der Waals surface area contributed by atoms with Gasteiger partial charge in [-0.2, -0.15) is 8.42 Å². The van der Waals surface area contributed by atoms with Crippen LogP contribution in [-0.4, -0.2) is 147 Å². The van der Waals surface area contributed by atoms with Crippen molar-refractivity contribution in [3.8, 4) is 0 Å². The molecule has 19 atom stereocenters. The first kappa shape index (κ1) is 46.6. The lowest BCUT2D eigenvalue weighted by Gasteiger charge is -2.71. The summed E-state index contributed by atoms with van der Waals surface area (Å²) in [5.74, 6) is -0.724. The molecule has 5 aliphatic carbocycles. The van der Waals surface area contributed by atoms with Crippen LogP contribution in [0.4, 0.5) is 0 Å². The van der Waals surface area contributed by atoms with E-state index in [1.807, 2.05) is 6.92 Å². The molecule has 9 N–H and O–H groups in total. The second-order valence-corrected chi connectivity index (χ2v) is 22.2. The van der Waals surface area contributed by atoms with Gasteiger partial charge < -0.3 is 59.8 Å². The van der Waals surface area contributed by atoms with Crippen LogP contribution in [0.3, 0.4) is 0 Å². The number of allylic oxidation sites excluding steroid dienone is 2. The zero-order valence-corrected chi connectivity index (χ0v) is 36.4. The lowest BCUT2D eigenvalue weighted by atomic mass is 9.33. The third-order valence-corrected chi connectivity index (χ3v) is 17.9. The first-order valence-corrected chi connectivity index (χ1v) is 23.0. The molecule has 0 aromatic heterocycles. The molecular weight excluding hydrogens is 809 g/mol. The van der Waals surface area contributed by atoms with Crippen molar-refractivity contribution >= 4 is 16.4 Å². The van der Waals surface area contributed by atoms with Gasteiger partial charge in [0.05, 0.1) is 31.3 Å². The predicted octanol–water partition coefficient (Wildman–Crippen LogP) is 1.12. The smallest absolute Gasteiger partial charge is 0.397 e. The Hall–Kier alpha value is -1.36. The predicted molar refractivity (Wildman–Crippen MR) is 209 cm³/mol. The number of ether oxygens (including phenoxy) is 4. The average molecular weight is 877 g/mol. The molecule has 60 heavy (non-hydrogen) atoms. The third-order valence-electron chi connectivity index (χ3n) is 17.5. The molecule has 7 aliphatic rings. The SMILES string of the molecule is CC1(C)CCC2(C(=O)OC3OC(COC4OC(CO)C(O)C(O)C4O)C(O)C(O)C3O)CCC3(C)C(=CCC4C5(C)CCC(O)C(C)(COS(=O)(=O)O)C5CCC43C)C2C1. The fraction of sp³-hybridized carbons (Fsp3) is 0.929. The van der Waals surface area contributed by atoms with E-state index < -0.39 is 108 Å². The van der Waals surface area contributed by atoms with E-state index in [9.17, 15) is 58.6 Å². The Morgan fingerprint density at radius 2 is 1.38 bits per heavy atom. The quantitative estimate of drug-likeness (QED) is 0.0892. The molecule has 4 saturated carbocycles. The Kier molecular flexibility index (Phi) is 12.4. The van der Waals surface area contributed by atoms with Crippen molar-refractivity contribution in [2.24, 2.45) is 50.2 Å². The van der Waals surface area contributed by atoms with Gasteiger partial charge in [0.15, 0.2) is 6.29 Å². The summed E-state index contributed by atoms with van der Waals surface area (Å²) in [7, 11) is -4.72. The summed E-state index contributed by atoms with van der Waals surface area (Å²) in [6.45, 7) is 11.6. The van der Waals surface area contributed by atoms with Crippen LogP contribution in [0.1, 0.15) is 106 Å². The molecule has 18 heteroatoms. The van der Waals surface area contributed by atoms with Gasteiger partial charge in [0.25, 0.3) is 0 Å². The van der Waals surface area contributed by atoms with E-state index in [1.165, 1.54) is 5.57 Å². The zero-order valence-electron chi connectivity index (χ0n) is 35.6. The lowest BCUT2D eigenvalue weighted by molar-refractivity contribution is -0.328. The normalized spacial score (nSPS) is 51.5. The summed E-state index contributed by atoms with van der Waals surface area (Å²) < 4.78 is 60.8. The van der Waals surface area contributed by atoms with Crippen molar-refractivity contribution < 1.29 is 81.7 Å². The summed E-state index contributed by atoms with van der Waals surface area (Å²) in [6.07, 6.45) is -8.27. The number of esters is 1. The number of fused-ring (bicyclic) bond motifs is 7. The van der Waals surface area contributed by atoms with Gasteiger partial charge in [-0.15, -0.1) is 0 Å². The highest BCUT2D eigenvalue weighted by Gasteiger charge is 2.70. The molecule has 7 rings (SSSR count). The van der Waals surface area contributed by atoms with Crippen molar-refractivity contribution in [3.05, 3.63) is 11.6 Å². The van der Waals surface area contributed by atoms with Gasteiger partial charge in [-0.25, -0.2) is 4.18 Å². The molecule has 0 amide bonds. The molecule has 0 bridgehead atoms. The van der Waals surface area contributed by atoms with E-state index in [4.69, 9.17) is 23.1 Å². The van der Waals surface area contributed by atoms with Gasteiger partial charge >= 0.3 is 16.4 Å². The number of rotatable bonds is 9. The Morgan fingerprint density at radius 1 is 0.767 bits per heavy atom. The number of carbonyl (C=O) groups excluding carboxylic acids is 1. The maximum absolute atomic E-state index is 14.8. The molecule has 0 aromatic rings. The minimum Gasteiger partial charge on any atom is -0.432 e. The molecule has 0 radical (unpaired) electrons. The maximum atomic E-state index is 14.8. The molecule has 6 fully saturated rings. The van der Waals surface area contributed by atoms with E-state index in [1.54, 1.807) is 0 Å². The first-order chi connectivity index (χ1) is 27.8. The van der Waals surface area contributed by atoms with Gasteiger partial charge in [0, 0.05) is 5.41 Å². The topological polar surface area (TPSA) is 279 Å². The second kappa shape index (κ2) is 16.0. The maximum Gasteiger partial charge on any atom is 0.397 e. The van der Waals surface area contributed by atoms with Gasteiger partial charge in [0.2, 0.25) is 6.29 Å². The largest absolute Gasteiger partial charge is 0.432 e. The third kappa shape index (κ3) is 7.43. The molecule has 0 aromatic carbocycles. The van der Waals surface area contributed by atoms with Crippen LogP contribution >= 0.6 is 0 Å². The van der Waals surface area contributed by atoms with Gasteiger partial charge in [-0.05, 0) is 104 Å². The Morgan fingerprint density at radius 3 is 2.03 bits per heavy atom. The van der Waals surface area contributed by atoms with Crippen molar-refractivity contribution in [2.75, 3.05) is 19.8 Å². The second-order valence-electron chi connectivity index (χ2n) is 21.1. The van der Waals surface area contributed by atoms with Crippen LogP contribution < -0.4 is 0 Å². The van der Waals surface area contributed by atoms with Gasteiger partial charge in [0.1, 0.15) is 48.8 Å². The van der Waals surface area contributed by atoms with E-state index >= 15 is 0 Å². The number of aliphatic hydroxyl groups excluding tert-OH is 8. The monoisotopic (exact) mass is 876 g/mol. The summed E-state index contributed by atoms with van der Waals surface area (Å²) in [4.78, 5) is 14.8. The molecule has 0 spiro atoms. The fourth-order valence-electron chi connectivity index (χ4n) is 13.6. The van der Waals surface area contributed by atoms with Crippen molar-refractivity contribution in [2.45, 2.75) is 173 Å². The Labute approximate surface area is 352 Å². The van der Waals surface area contributed by atoms with Gasteiger partial charge in [-0.3, -0.25) is 9.35 Å². The average Bonchev–Trinajstić information content (AvgIpc) is 3.18. The van der Waals surface area contributed by atoms with Crippen molar-refractivity contribution in [1.82, 2.24) is 0 Å². The van der Waals surface area contributed by atoms with Crippen molar-refractivity contribution in [3.63, 3.8) is 0 Å². The standard InChI is InChI=1S/C42H68O17S/c1-37(2)13-15-42(36(51)59-35-33(50)31(48)29(46)24(58-35)19-55-34-32(49)30(47)28(45)23(18-43)57-34)16-14-40(5)21(22(42)17-37)7-8-26-38(3)11-10-27(44)39(4,20-56-60(52,53)54)25(38)9-12-41(26,40)6/h7,22-35,43-50H,8-20H2,1-6H3,(H,52,53,54). The van der Waals surface area contributed by atoms with E-state index in [2.05, 4.69) is 40.7 Å². The highest BCUT2D eigenvalue weighted by molar-refractivity contribution is 7.80. The zero-order chi connectivity index (χ0) is 44.2. The van der Waals surface area contributed by atoms with Crippen LogP contribution in [0.2, 0.25) is 0 Å². The minimum absolute atomic E-state index is 0.0828. The Bertz CT molecular complexity index is 1760. The summed E-state index contributed by atoms with van der Waals surface area (Å²) in [5.41, 5.74) is -1.67. The number of hydrogen-bond acceptors (Lipinski definition) is 16. The van der Waals surface area contributed by atoms with Crippen LogP contribution in [0, 0.1) is 50.2 Å². The highest BCUT2D eigenvalue weighted by atomic mass is 32.3. The Balaban J connectivity index is 1.13. The summed E-state index contributed by atoms with van der Waals surface area (Å²) in [5, 5.41) is 84.5. The first-order valence-electron chi connectivity index (χ1n) is 21.6.